The summed E-state index contributed by atoms with van der Waals surface area (Å²) < 4.78 is 5.01. The Labute approximate surface area is 94.8 Å². The van der Waals surface area contributed by atoms with E-state index in [-0.39, 0.29) is 6.04 Å². The van der Waals surface area contributed by atoms with Crippen LogP contribution in [0.15, 0.2) is 18.3 Å². The van der Waals surface area contributed by atoms with Gasteiger partial charge >= 0.3 is 0 Å². The van der Waals surface area contributed by atoms with Crippen LogP contribution in [0.2, 0.25) is 0 Å². The van der Waals surface area contributed by atoms with Crippen molar-refractivity contribution >= 4 is 23.0 Å². The molecule has 0 bridgehead atoms. The Morgan fingerprint density at radius 3 is 3.07 bits per heavy atom. The lowest BCUT2D eigenvalue weighted by atomic mass is 10.2. The third-order valence-electron chi connectivity index (χ3n) is 1.86. The summed E-state index contributed by atoms with van der Waals surface area (Å²) in [6.45, 7) is 2.64. The van der Waals surface area contributed by atoms with Gasteiger partial charge in [0.1, 0.15) is 10.8 Å². The zero-order valence-corrected chi connectivity index (χ0v) is 9.67. The highest BCUT2D eigenvalue weighted by molar-refractivity contribution is 7.80. The molecule has 4 nitrogen and oxygen atoms in total. The summed E-state index contributed by atoms with van der Waals surface area (Å²) in [4.78, 5) is 4.54. The zero-order valence-electron chi connectivity index (χ0n) is 8.86. The maximum atomic E-state index is 5.52. The summed E-state index contributed by atoms with van der Waals surface area (Å²) in [5.41, 5.74) is 6.34. The van der Waals surface area contributed by atoms with Gasteiger partial charge in [-0.2, -0.15) is 0 Å². The molecule has 3 N–H and O–H groups in total. The Morgan fingerprint density at radius 2 is 2.47 bits per heavy atom. The molecule has 5 heteroatoms. The third-order valence-corrected chi connectivity index (χ3v) is 2.09. The van der Waals surface area contributed by atoms with Gasteiger partial charge in [-0.1, -0.05) is 12.2 Å². The second-order valence-electron chi connectivity index (χ2n) is 3.29. The normalized spacial score (nSPS) is 12.1. The number of hydrogen-bond acceptors (Lipinski definition) is 4. The molecule has 1 rings (SSSR count). The minimum Gasteiger partial charge on any atom is -0.389 e. The van der Waals surface area contributed by atoms with Crippen molar-refractivity contribution in [3.05, 3.63) is 23.9 Å². The molecule has 0 spiro atoms. The number of thiocarbonyl (C=S) groups is 1. The number of nitrogens with two attached hydrogens (primary N) is 1. The van der Waals surface area contributed by atoms with Crippen LogP contribution in [0.3, 0.4) is 0 Å². The number of anilines is 1. The lowest BCUT2D eigenvalue weighted by molar-refractivity contribution is 0.190. The van der Waals surface area contributed by atoms with Crippen molar-refractivity contribution in [2.45, 2.75) is 13.0 Å². The van der Waals surface area contributed by atoms with Crippen LogP contribution in [-0.2, 0) is 4.74 Å². The summed E-state index contributed by atoms with van der Waals surface area (Å²) in [6, 6.07) is 3.81. The summed E-state index contributed by atoms with van der Waals surface area (Å²) in [6.07, 6.45) is 1.68. The standard InChI is InChI=1S/C10H15N3OS/c1-7(6-14-2)13-9-5-8(10(11)15)3-4-12-9/h3-5,7H,6H2,1-2H3,(H2,11,15)(H,12,13). The monoisotopic (exact) mass is 225 g/mol. The summed E-state index contributed by atoms with van der Waals surface area (Å²) in [5, 5.41) is 3.19. The smallest absolute Gasteiger partial charge is 0.126 e. The average molecular weight is 225 g/mol. The largest absolute Gasteiger partial charge is 0.389 e. The first-order chi connectivity index (χ1) is 7.13. The molecular formula is C10H15N3OS. The maximum Gasteiger partial charge on any atom is 0.126 e. The summed E-state index contributed by atoms with van der Waals surface area (Å²) in [5.74, 6) is 0.754. The molecule has 0 saturated carbocycles. The molecule has 0 radical (unpaired) electrons. The van der Waals surface area contributed by atoms with E-state index in [2.05, 4.69) is 10.3 Å². The van der Waals surface area contributed by atoms with E-state index in [1.54, 1.807) is 19.4 Å². The second kappa shape index (κ2) is 5.63. The Kier molecular flexibility index (Phi) is 4.45. The predicted molar refractivity (Wildman–Crippen MR) is 65.1 cm³/mol. The predicted octanol–water partition coefficient (Wildman–Crippen LogP) is 1.16. The van der Waals surface area contributed by atoms with Crippen LogP contribution in [0.25, 0.3) is 0 Å². The highest BCUT2D eigenvalue weighted by Gasteiger charge is 2.03. The van der Waals surface area contributed by atoms with Crippen molar-refractivity contribution in [1.29, 1.82) is 0 Å². The third kappa shape index (κ3) is 3.81. The van der Waals surface area contributed by atoms with Crippen LogP contribution >= 0.6 is 12.2 Å². The number of aromatic nitrogens is 1. The molecular weight excluding hydrogens is 210 g/mol. The van der Waals surface area contributed by atoms with Crippen LogP contribution in [0, 0.1) is 0 Å². The van der Waals surface area contributed by atoms with Gasteiger partial charge in [-0.15, -0.1) is 0 Å². The fourth-order valence-electron chi connectivity index (χ4n) is 1.21. The molecule has 82 valence electrons. The minimum atomic E-state index is 0.198. The van der Waals surface area contributed by atoms with Crippen LogP contribution in [-0.4, -0.2) is 29.7 Å². The molecule has 1 unspecified atom stereocenters. The van der Waals surface area contributed by atoms with Crippen molar-refractivity contribution in [3.8, 4) is 0 Å². The van der Waals surface area contributed by atoms with Gasteiger partial charge < -0.3 is 15.8 Å². The van der Waals surface area contributed by atoms with Gasteiger partial charge in [-0.05, 0) is 19.1 Å². The molecule has 0 aliphatic rings. The van der Waals surface area contributed by atoms with Gasteiger partial charge in [0.05, 0.1) is 6.61 Å². The number of nitrogens with zero attached hydrogens (tertiary/aromatic N) is 1. The van der Waals surface area contributed by atoms with Gasteiger partial charge in [0.15, 0.2) is 0 Å². The molecule has 0 aliphatic carbocycles. The molecule has 0 fully saturated rings. The molecule has 1 heterocycles. The first-order valence-electron chi connectivity index (χ1n) is 4.65. The number of hydrogen-bond donors (Lipinski definition) is 2. The van der Waals surface area contributed by atoms with Gasteiger partial charge in [0, 0.05) is 24.9 Å². The molecule has 15 heavy (non-hydrogen) atoms. The highest BCUT2D eigenvalue weighted by Crippen LogP contribution is 2.08. The molecule has 1 atom stereocenters. The van der Waals surface area contributed by atoms with Crippen molar-refractivity contribution in [2.24, 2.45) is 5.73 Å². The lowest BCUT2D eigenvalue weighted by Crippen LogP contribution is -2.21. The Bertz CT molecular complexity index is 343. The van der Waals surface area contributed by atoms with E-state index in [1.165, 1.54) is 0 Å². The molecule has 0 amide bonds. The Hall–Kier alpha value is -1.20. The van der Waals surface area contributed by atoms with E-state index in [0.29, 0.717) is 11.6 Å². The quantitative estimate of drug-likeness (QED) is 0.736. The first-order valence-corrected chi connectivity index (χ1v) is 5.05. The van der Waals surface area contributed by atoms with Crippen molar-refractivity contribution < 1.29 is 4.74 Å². The molecule has 1 aromatic rings. The van der Waals surface area contributed by atoms with Gasteiger partial charge in [-0.3, -0.25) is 0 Å². The SMILES string of the molecule is COCC(C)Nc1cc(C(N)=S)ccn1. The summed E-state index contributed by atoms with van der Waals surface area (Å²) >= 11 is 4.88. The topological polar surface area (TPSA) is 60.2 Å². The molecule has 0 aromatic carbocycles. The maximum absolute atomic E-state index is 5.52. The van der Waals surface area contributed by atoms with Crippen LogP contribution in [0.4, 0.5) is 5.82 Å². The van der Waals surface area contributed by atoms with E-state index in [1.807, 2.05) is 13.0 Å². The fourth-order valence-corrected chi connectivity index (χ4v) is 1.33. The molecule has 1 aromatic heterocycles. The number of nitrogens with one attached hydrogen (secondary N) is 1. The minimum absolute atomic E-state index is 0.198. The Balaban J connectivity index is 2.69. The second-order valence-corrected chi connectivity index (χ2v) is 3.73. The van der Waals surface area contributed by atoms with Crippen LogP contribution in [0.5, 0.6) is 0 Å². The zero-order chi connectivity index (χ0) is 11.3. The molecule has 0 aliphatic heterocycles. The van der Waals surface area contributed by atoms with E-state index in [9.17, 15) is 0 Å². The highest BCUT2D eigenvalue weighted by atomic mass is 32.1. The number of rotatable bonds is 5. The van der Waals surface area contributed by atoms with Gasteiger partial charge in [0.2, 0.25) is 0 Å². The summed E-state index contributed by atoms with van der Waals surface area (Å²) in [7, 11) is 1.66. The van der Waals surface area contributed by atoms with Crippen LogP contribution in [0.1, 0.15) is 12.5 Å². The van der Waals surface area contributed by atoms with Crippen molar-refractivity contribution in [3.63, 3.8) is 0 Å². The average Bonchev–Trinajstić information content (AvgIpc) is 2.18. The van der Waals surface area contributed by atoms with E-state index in [0.717, 1.165) is 11.4 Å². The van der Waals surface area contributed by atoms with Crippen molar-refractivity contribution in [2.75, 3.05) is 19.0 Å². The first kappa shape index (κ1) is 11.9. The lowest BCUT2D eigenvalue weighted by Gasteiger charge is -2.13. The van der Waals surface area contributed by atoms with Crippen molar-refractivity contribution in [1.82, 2.24) is 4.98 Å². The van der Waals surface area contributed by atoms with Gasteiger partial charge in [-0.25, -0.2) is 4.98 Å². The van der Waals surface area contributed by atoms with E-state index in [4.69, 9.17) is 22.7 Å². The number of ether oxygens (including phenoxy) is 1. The number of methoxy groups -OCH3 is 1. The van der Waals surface area contributed by atoms with E-state index < -0.39 is 0 Å². The Morgan fingerprint density at radius 1 is 1.73 bits per heavy atom. The number of pyridine rings is 1. The molecule has 0 saturated heterocycles. The van der Waals surface area contributed by atoms with Gasteiger partial charge in [0.25, 0.3) is 0 Å². The van der Waals surface area contributed by atoms with E-state index >= 15 is 0 Å². The van der Waals surface area contributed by atoms with Crippen LogP contribution < -0.4 is 11.1 Å². The fraction of sp³-hybridized carbons (Fsp3) is 0.400.